The number of carbonyl (C=O) groups excluding carboxylic acids is 2. The predicted molar refractivity (Wildman–Crippen MR) is 88.7 cm³/mol. The Hall–Kier alpha value is -2.82. The topological polar surface area (TPSA) is 58.6 Å². The molecule has 0 bridgehead atoms. The van der Waals surface area contributed by atoms with Gasteiger partial charge in [0.15, 0.2) is 6.61 Å². The first kappa shape index (κ1) is 15.1. The number of amides is 2. The summed E-state index contributed by atoms with van der Waals surface area (Å²) in [5, 5.41) is 2.88. The SMILES string of the molecule is Cc1ccccc1NC(=O)C(C)N1C(=O)COc2ccccc21. The molecule has 5 nitrogen and oxygen atoms in total. The van der Waals surface area contributed by atoms with E-state index in [-0.39, 0.29) is 18.4 Å². The second kappa shape index (κ2) is 6.12. The van der Waals surface area contributed by atoms with Gasteiger partial charge in [0.05, 0.1) is 5.69 Å². The summed E-state index contributed by atoms with van der Waals surface area (Å²) in [4.78, 5) is 26.3. The lowest BCUT2D eigenvalue weighted by Crippen LogP contribution is -2.49. The highest BCUT2D eigenvalue weighted by molar-refractivity contribution is 6.07. The van der Waals surface area contributed by atoms with Crippen molar-refractivity contribution in [2.45, 2.75) is 19.9 Å². The van der Waals surface area contributed by atoms with Crippen molar-refractivity contribution in [1.29, 1.82) is 0 Å². The summed E-state index contributed by atoms with van der Waals surface area (Å²) >= 11 is 0. The van der Waals surface area contributed by atoms with Gasteiger partial charge in [0.2, 0.25) is 5.91 Å². The molecule has 2 aromatic rings. The molecule has 1 unspecified atom stereocenters. The molecule has 118 valence electrons. The van der Waals surface area contributed by atoms with Crippen LogP contribution in [0.15, 0.2) is 48.5 Å². The zero-order chi connectivity index (χ0) is 16.4. The molecule has 0 saturated heterocycles. The molecule has 0 saturated carbocycles. The highest BCUT2D eigenvalue weighted by atomic mass is 16.5. The molecule has 0 fully saturated rings. The van der Waals surface area contributed by atoms with Crippen molar-refractivity contribution < 1.29 is 14.3 Å². The quantitative estimate of drug-likeness (QED) is 0.948. The number of benzene rings is 2. The summed E-state index contributed by atoms with van der Waals surface area (Å²) < 4.78 is 5.41. The van der Waals surface area contributed by atoms with E-state index in [1.54, 1.807) is 19.1 Å². The minimum Gasteiger partial charge on any atom is -0.482 e. The molecule has 23 heavy (non-hydrogen) atoms. The number of nitrogens with zero attached hydrogens (tertiary/aromatic N) is 1. The summed E-state index contributed by atoms with van der Waals surface area (Å²) in [6.45, 7) is 3.59. The van der Waals surface area contributed by atoms with Gasteiger partial charge in [-0.3, -0.25) is 14.5 Å². The Morgan fingerprint density at radius 1 is 1.17 bits per heavy atom. The summed E-state index contributed by atoms with van der Waals surface area (Å²) in [6, 6.07) is 14.1. The molecule has 0 spiro atoms. The van der Waals surface area contributed by atoms with Crippen molar-refractivity contribution in [1.82, 2.24) is 0 Å². The minimum atomic E-state index is -0.632. The lowest BCUT2D eigenvalue weighted by molar-refractivity contribution is -0.125. The van der Waals surface area contributed by atoms with Gasteiger partial charge in [-0.25, -0.2) is 0 Å². The van der Waals surface area contributed by atoms with Crippen LogP contribution < -0.4 is 15.0 Å². The third kappa shape index (κ3) is 2.90. The molecule has 0 radical (unpaired) electrons. The monoisotopic (exact) mass is 310 g/mol. The molecule has 5 heteroatoms. The first-order valence-corrected chi connectivity index (χ1v) is 7.48. The van der Waals surface area contributed by atoms with Gasteiger partial charge in [-0.1, -0.05) is 30.3 Å². The Bertz CT molecular complexity index is 757. The van der Waals surface area contributed by atoms with Gasteiger partial charge in [0.25, 0.3) is 5.91 Å². The average molecular weight is 310 g/mol. The standard InChI is InChI=1S/C18H18N2O3/c1-12-7-3-4-8-14(12)19-18(22)13(2)20-15-9-5-6-10-16(15)23-11-17(20)21/h3-10,13H,11H2,1-2H3,(H,19,22). The molecule has 1 N–H and O–H groups in total. The zero-order valence-electron chi connectivity index (χ0n) is 13.1. The van der Waals surface area contributed by atoms with Crippen LogP contribution in [-0.2, 0) is 9.59 Å². The lowest BCUT2D eigenvalue weighted by Gasteiger charge is -2.33. The third-order valence-electron chi connectivity index (χ3n) is 3.91. The maximum atomic E-state index is 12.6. The molecule has 0 aliphatic carbocycles. The summed E-state index contributed by atoms with van der Waals surface area (Å²) in [5.41, 5.74) is 2.34. The van der Waals surface area contributed by atoms with Gasteiger partial charge < -0.3 is 10.1 Å². The Kier molecular flexibility index (Phi) is 4.02. The number of fused-ring (bicyclic) bond motifs is 1. The smallest absolute Gasteiger partial charge is 0.265 e. The Morgan fingerprint density at radius 2 is 1.87 bits per heavy atom. The molecule has 2 amide bonds. The first-order valence-electron chi connectivity index (χ1n) is 7.48. The van der Waals surface area contributed by atoms with Crippen LogP contribution in [0.1, 0.15) is 12.5 Å². The highest BCUT2D eigenvalue weighted by Gasteiger charge is 2.32. The van der Waals surface area contributed by atoms with Crippen LogP contribution >= 0.6 is 0 Å². The van der Waals surface area contributed by atoms with Crippen molar-refractivity contribution in [3.8, 4) is 5.75 Å². The molecule has 2 aromatic carbocycles. The van der Waals surface area contributed by atoms with Gasteiger partial charge in [0.1, 0.15) is 11.8 Å². The van der Waals surface area contributed by atoms with Crippen molar-refractivity contribution in [3.63, 3.8) is 0 Å². The number of nitrogens with one attached hydrogen (secondary N) is 1. The molecule has 1 aliphatic rings. The average Bonchev–Trinajstić information content (AvgIpc) is 2.56. The van der Waals surface area contributed by atoms with Crippen molar-refractivity contribution in [2.75, 3.05) is 16.8 Å². The van der Waals surface area contributed by atoms with E-state index in [4.69, 9.17) is 4.74 Å². The first-order chi connectivity index (χ1) is 11.1. The summed E-state index contributed by atoms with van der Waals surface area (Å²) in [5.74, 6) is 0.156. The fourth-order valence-electron chi connectivity index (χ4n) is 2.61. The fourth-order valence-corrected chi connectivity index (χ4v) is 2.61. The molecule has 1 aliphatic heterocycles. The number of carbonyl (C=O) groups is 2. The number of ether oxygens (including phenoxy) is 1. The van der Waals surface area contributed by atoms with Crippen LogP contribution in [-0.4, -0.2) is 24.5 Å². The maximum absolute atomic E-state index is 12.6. The van der Waals surface area contributed by atoms with Crippen LogP contribution in [0, 0.1) is 6.92 Å². The normalized spacial score (nSPS) is 14.7. The van der Waals surface area contributed by atoms with Gasteiger partial charge in [0, 0.05) is 5.69 Å². The molecule has 0 aromatic heterocycles. The Labute approximate surface area is 134 Å². The molecular formula is C18H18N2O3. The maximum Gasteiger partial charge on any atom is 0.265 e. The van der Waals surface area contributed by atoms with E-state index in [2.05, 4.69) is 5.32 Å². The second-order valence-corrected chi connectivity index (χ2v) is 5.50. The highest BCUT2D eigenvalue weighted by Crippen LogP contribution is 2.33. The number of anilines is 2. The van der Waals surface area contributed by atoms with Crippen LogP contribution in [0.25, 0.3) is 0 Å². The number of para-hydroxylation sites is 3. The summed E-state index contributed by atoms with van der Waals surface area (Å²) in [6.07, 6.45) is 0. The van der Waals surface area contributed by atoms with Gasteiger partial charge >= 0.3 is 0 Å². The predicted octanol–water partition coefficient (Wildman–Crippen LogP) is 2.75. The van der Waals surface area contributed by atoms with E-state index in [1.807, 2.05) is 43.3 Å². The molecule has 3 rings (SSSR count). The van der Waals surface area contributed by atoms with Gasteiger partial charge in [-0.2, -0.15) is 0 Å². The Balaban J connectivity index is 1.85. The Morgan fingerprint density at radius 3 is 2.65 bits per heavy atom. The largest absolute Gasteiger partial charge is 0.482 e. The van der Waals surface area contributed by atoms with Crippen LogP contribution in [0.2, 0.25) is 0 Å². The number of hydrogen-bond donors (Lipinski definition) is 1. The minimum absolute atomic E-state index is 0.0565. The lowest BCUT2D eigenvalue weighted by atomic mass is 10.1. The van der Waals surface area contributed by atoms with Crippen molar-refractivity contribution in [2.24, 2.45) is 0 Å². The van der Waals surface area contributed by atoms with E-state index in [0.717, 1.165) is 11.3 Å². The number of aryl methyl sites for hydroxylation is 1. The molecule has 1 atom stereocenters. The van der Waals surface area contributed by atoms with E-state index >= 15 is 0 Å². The van der Waals surface area contributed by atoms with Crippen molar-refractivity contribution >= 4 is 23.2 Å². The van der Waals surface area contributed by atoms with Gasteiger partial charge in [-0.05, 0) is 37.6 Å². The van der Waals surface area contributed by atoms with E-state index in [0.29, 0.717) is 11.4 Å². The van der Waals surface area contributed by atoms with Crippen LogP contribution in [0.4, 0.5) is 11.4 Å². The zero-order valence-corrected chi connectivity index (χ0v) is 13.1. The van der Waals surface area contributed by atoms with Crippen LogP contribution in [0.5, 0.6) is 5.75 Å². The molecular weight excluding hydrogens is 292 g/mol. The summed E-state index contributed by atoms with van der Waals surface area (Å²) in [7, 11) is 0. The number of rotatable bonds is 3. The van der Waals surface area contributed by atoms with Crippen molar-refractivity contribution in [3.05, 3.63) is 54.1 Å². The van der Waals surface area contributed by atoms with E-state index < -0.39 is 6.04 Å². The number of hydrogen-bond acceptors (Lipinski definition) is 3. The van der Waals surface area contributed by atoms with Crippen LogP contribution in [0.3, 0.4) is 0 Å². The fraction of sp³-hybridized carbons (Fsp3) is 0.222. The van der Waals surface area contributed by atoms with Gasteiger partial charge in [-0.15, -0.1) is 0 Å². The molecule has 1 heterocycles. The third-order valence-corrected chi connectivity index (χ3v) is 3.91. The van der Waals surface area contributed by atoms with E-state index in [9.17, 15) is 9.59 Å². The van der Waals surface area contributed by atoms with E-state index in [1.165, 1.54) is 4.90 Å². The second-order valence-electron chi connectivity index (χ2n) is 5.50.